The fourth-order valence-corrected chi connectivity index (χ4v) is 8.28. The summed E-state index contributed by atoms with van der Waals surface area (Å²) >= 11 is 30.1. The van der Waals surface area contributed by atoms with E-state index in [0.717, 1.165) is 50.9 Å². The van der Waals surface area contributed by atoms with Crippen LogP contribution in [0.4, 0.5) is 23.0 Å². The molecule has 0 saturated heterocycles. The summed E-state index contributed by atoms with van der Waals surface area (Å²) in [6.07, 6.45) is 3.78. The van der Waals surface area contributed by atoms with Crippen LogP contribution >= 0.6 is 58.0 Å². The molecule has 8 rings (SSSR count). The Morgan fingerprint density at radius 2 is 1.08 bits per heavy atom. The lowest BCUT2D eigenvalue weighted by Crippen LogP contribution is -2.16. The van der Waals surface area contributed by atoms with Gasteiger partial charge in [-0.05, 0) is 66.1 Å². The summed E-state index contributed by atoms with van der Waals surface area (Å²) in [5.74, 6) is 1.82. The van der Waals surface area contributed by atoms with Crippen molar-refractivity contribution >= 4 is 102 Å². The van der Waals surface area contributed by atoms with Crippen molar-refractivity contribution in [3.05, 3.63) is 153 Å². The van der Waals surface area contributed by atoms with Crippen molar-refractivity contribution < 1.29 is 8.42 Å². The molecule has 0 amide bonds. The number of halogens is 5. The van der Waals surface area contributed by atoms with E-state index in [2.05, 4.69) is 35.5 Å². The van der Waals surface area contributed by atoms with E-state index < -0.39 is 10.0 Å². The van der Waals surface area contributed by atoms with Crippen molar-refractivity contribution in [2.45, 2.75) is 19.5 Å². The lowest BCUT2D eigenvalue weighted by molar-refractivity contribution is 0.600. The summed E-state index contributed by atoms with van der Waals surface area (Å²) in [4.78, 5) is 9.31. The third-order valence-corrected chi connectivity index (χ3v) is 11.7. The number of nitrogens with zero attached hydrogens (tertiary/aromatic N) is 6. The molecule has 8 aromatic rings. The lowest BCUT2D eigenvalue weighted by atomic mass is 10.1. The number of benzene rings is 4. The van der Waals surface area contributed by atoms with Crippen LogP contribution in [0.5, 0.6) is 0 Å². The molecular formula is C41H35Cl5N10O2S. The number of hydrogen-bond donors (Lipinski definition) is 4. The zero-order valence-corrected chi connectivity index (χ0v) is 35.6. The van der Waals surface area contributed by atoms with Gasteiger partial charge in [-0.1, -0.05) is 82.8 Å². The van der Waals surface area contributed by atoms with E-state index >= 15 is 0 Å². The van der Waals surface area contributed by atoms with Crippen LogP contribution in [0.3, 0.4) is 0 Å². The van der Waals surface area contributed by atoms with Crippen molar-refractivity contribution in [2.24, 2.45) is 0 Å². The van der Waals surface area contributed by atoms with Crippen LogP contribution in [0, 0.1) is 0 Å². The molecule has 0 atom stereocenters. The molecule has 0 aliphatic rings. The minimum Gasteiger partial charge on any atom is -0.399 e. The molecule has 18 heteroatoms. The molecule has 0 spiro atoms. The standard InChI is InChI=1S/C22H20Cl3N5O2S.C19H15Cl2N5/c23-9-1-11-33(31,32)29-18-6-3-15(4-7-18)20-13-22(30-21(28-20)8-10-27-30)26-14-16-2-5-17(24)12-19(16)25;20-14-4-1-13(16(21)9-14)11-23-19-10-17(12-2-5-15(22)6-3-12)25-18-7-8-24-26(18)19/h2-8,10,12-13,26,29H,1,9,11,14H2;1-10,23H,11,22H2. The van der Waals surface area contributed by atoms with Crippen molar-refractivity contribution in [3.8, 4) is 22.5 Å². The number of nitrogens with one attached hydrogen (secondary N) is 3. The molecule has 0 saturated carbocycles. The maximum Gasteiger partial charge on any atom is 0.232 e. The number of alkyl halides is 1. The number of nitrogen functional groups attached to an aromatic ring is 1. The Kier molecular flexibility index (Phi) is 13.3. The molecule has 4 aromatic heterocycles. The van der Waals surface area contributed by atoms with Gasteiger partial charge in [0.25, 0.3) is 0 Å². The molecule has 0 aliphatic carbocycles. The number of rotatable bonds is 13. The summed E-state index contributed by atoms with van der Waals surface area (Å²) in [5.41, 5.74) is 13.6. The first-order chi connectivity index (χ1) is 28.4. The molecule has 0 radical (unpaired) electrons. The van der Waals surface area contributed by atoms with E-state index in [1.54, 1.807) is 51.8 Å². The molecule has 0 bridgehead atoms. The minimum atomic E-state index is -3.43. The zero-order valence-electron chi connectivity index (χ0n) is 31.0. The Bertz CT molecular complexity index is 2840. The number of aromatic nitrogens is 6. The van der Waals surface area contributed by atoms with Gasteiger partial charge < -0.3 is 16.4 Å². The highest BCUT2D eigenvalue weighted by atomic mass is 35.5. The molecule has 302 valence electrons. The second kappa shape index (κ2) is 18.8. The Morgan fingerprint density at radius 1 is 0.610 bits per heavy atom. The molecule has 59 heavy (non-hydrogen) atoms. The van der Waals surface area contributed by atoms with Crippen LogP contribution in [-0.2, 0) is 23.1 Å². The highest BCUT2D eigenvalue weighted by molar-refractivity contribution is 7.92. The predicted molar refractivity (Wildman–Crippen MR) is 242 cm³/mol. The van der Waals surface area contributed by atoms with Gasteiger partial charge in [0.05, 0.1) is 29.5 Å². The van der Waals surface area contributed by atoms with Crippen LogP contribution < -0.4 is 21.1 Å². The van der Waals surface area contributed by atoms with E-state index in [1.165, 1.54) is 0 Å². The fraction of sp³-hybridized carbons (Fsp3) is 0.122. The van der Waals surface area contributed by atoms with Crippen LogP contribution in [0.15, 0.2) is 122 Å². The van der Waals surface area contributed by atoms with Gasteiger partial charge in [0.2, 0.25) is 10.0 Å². The van der Waals surface area contributed by atoms with Gasteiger partial charge in [0, 0.05) is 85.8 Å². The van der Waals surface area contributed by atoms with Crippen molar-refractivity contribution in [1.29, 1.82) is 0 Å². The molecule has 0 unspecified atom stereocenters. The van der Waals surface area contributed by atoms with E-state index in [4.69, 9.17) is 63.7 Å². The third-order valence-electron chi connectivity index (χ3n) is 8.88. The maximum absolute atomic E-state index is 12.1. The van der Waals surface area contributed by atoms with Gasteiger partial charge >= 0.3 is 0 Å². The Labute approximate surface area is 365 Å². The lowest BCUT2D eigenvalue weighted by Gasteiger charge is -2.12. The highest BCUT2D eigenvalue weighted by Crippen LogP contribution is 2.28. The third kappa shape index (κ3) is 10.7. The highest BCUT2D eigenvalue weighted by Gasteiger charge is 2.13. The normalized spacial score (nSPS) is 11.3. The van der Waals surface area contributed by atoms with Gasteiger partial charge in [-0.3, -0.25) is 4.72 Å². The molecule has 5 N–H and O–H groups in total. The summed E-state index contributed by atoms with van der Waals surface area (Å²) < 4.78 is 30.2. The number of fused-ring (bicyclic) bond motifs is 2. The molecule has 4 heterocycles. The average molecular weight is 909 g/mol. The van der Waals surface area contributed by atoms with Crippen molar-refractivity contribution in [2.75, 3.05) is 32.7 Å². The minimum absolute atomic E-state index is 0.0235. The summed E-state index contributed by atoms with van der Waals surface area (Å²) in [5, 5.41) is 17.8. The van der Waals surface area contributed by atoms with E-state index in [9.17, 15) is 8.42 Å². The van der Waals surface area contributed by atoms with E-state index in [0.29, 0.717) is 62.5 Å². The summed E-state index contributed by atoms with van der Waals surface area (Å²) in [7, 11) is -3.43. The molecule has 12 nitrogen and oxygen atoms in total. The van der Waals surface area contributed by atoms with E-state index in [1.807, 2.05) is 78.9 Å². The van der Waals surface area contributed by atoms with Crippen LogP contribution in [0.2, 0.25) is 20.1 Å². The number of sulfonamides is 1. The Balaban J connectivity index is 0.000000184. The first-order valence-corrected chi connectivity index (χ1v) is 21.7. The SMILES string of the molecule is Nc1ccc(-c2cc(NCc3ccc(Cl)cc3Cl)n3nccc3n2)cc1.O=S(=O)(CCCCl)Nc1ccc(-c2cc(NCc3ccc(Cl)cc3Cl)n3nccc3n2)cc1. The monoisotopic (exact) mass is 906 g/mol. The Hall–Kier alpha value is -5.28. The second-order valence-electron chi connectivity index (χ2n) is 13.1. The van der Waals surface area contributed by atoms with Gasteiger partial charge in [-0.2, -0.15) is 19.2 Å². The van der Waals surface area contributed by atoms with Crippen LogP contribution in [0.1, 0.15) is 17.5 Å². The number of anilines is 4. The van der Waals surface area contributed by atoms with Crippen molar-refractivity contribution in [1.82, 2.24) is 29.2 Å². The van der Waals surface area contributed by atoms with Gasteiger partial charge in [0.1, 0.15) is 11.6 Å². The van der Waals surface area contributed by atoms with Gasteiger partial charge in [-0.15, -0.1) is 11.6 Å². The van der Waals surface area contributed by atoms with E-state index in [-0.39, 0.29) is 5.75 Å². The van der Waals surface area contributed by atoms with Gasteiger partial charge in [0.15, 0.2) is 11.3 Å². The number of nitrogens with two attached hydrogens (primary N) is 1. The quantitative estimate of drug-likeness (QED) is 0.0653. The molecule has 0 fully saturated rings. The molecular weight excluding hydrogens is 874 g/mol. The summed E-state index contributed by atoms with van der Waals surface area (Å²) in [6.45, 7) is 1.01. The smallest absolute Gasteiger partial charge is 0.232 e. The molecule has 0 aliphatic heterocycles. The second-order valence-corrected chi connectivity index (χ2v) is 17.0. The maximum atomic E-state index is 12.1. The number of hydrogen-bond acceptors (Lipinski definition) is 9. The van der Waals surface area contributed by atoms with Crippen LogP contribution in [-0.4, -0.2) is 49.2 Å². The van der Waals surface area contributed by atoms with Crippen molar-refractivity contribution in [3.63, 3.8) is 0 Å². The zero-order chi connectivity index (χ0) is 41.5. The predicted octanol–water partition coefficient (Wildman–Crippen LogP) is 10.6. The van der Waals surface area contributed by atoms with Crippen LogP contribution in [0.25, 0.3) is 33.8 Å². The van der Waals surface area contributed by atoms with Gasteiger partial charge in [-0.25, -0.2) is 18.4 Å². The largest absolute Gasteiger partial charge is 0.399 e. The fourth-order valence-electron chi connectivity index (χ4n) is 5.91. The first-order valence-electron chi connectivity index (χ1n) is 18.0. The summed E-state index contributed by atoms with van der Waals surface area (Å²) in [6, 6.07) is 33.0. The Morgan fingerprint density at radius 3 is 1.54 bits per heavy atom. The molecule has 4 aromatic carbocycles. The topological polar surface area (TPSA) is 157 Å². The average Bonchev–Trinajstić information content (AvgIpc) is 3.90. The first kappa shape index (κ1) is 41.9.